The summed E-state index contributed by atoms with van der Waals surface area (Å²) in [6, 6.07) is 13.5. The lowest BCUT2D eigenvalue weighted by Gasteiger charge is -2.09. The van der Waals surface area contributed by atoms with Crippen molar-refractivity contribution in [1.82, 2.24) is 9.97 Å². The molecule has 26 heavy (non-hydrogen) atoms. The topological polar surface area (TPSA) is 98.0 Å². The fourth-order valence-electron chi connectivity index (χ4n) is 2.64. The summed E-state index contributed by atoms with van der Waals surface area (Å²) in [4.78, 5) is 31.5. The molecule has 7 heteroatoms. The van der Waals surface area contributed by atoms with Crippen LogP contribution < -0.4 is 5.32 Å². The minimum atomic E-state index is -0.496. The molecule has 1 aromatic heterocycles. The van der Waals surface area contributed by atoms with Gasteiger partial charge in [-0.3, -0.25) is 14.9 Å². The number of benzene rings is 2. The molecule has 130 valence electrons. The van der Waals surface area contributed by atoms with Crippen LogP contribution in [0.5, 0.6) is 0 Å². The van der Waals surface area contributed by atoms with Gasteiger partial charge in [-0.05, 0) is 38.1 Å². The molecule has 0 saturated heterocycles. The van der Waals surface area contributed by atoms with Gasteiger partial charge in [0.05, 0.1) is 10.6 Å². The molecule has 0 spiro atoms. The number of nitro groups is 1. The maximum absolute atomic E-state index is 12.6. The summed E-state index contributed by atoms with van der Waals surface area (Å²) in [5.41, 5.74) is 2.68. The van der Waals surface area contributed by atoms with Gasteiger partial charge in [0.15, 0.2) is 0 Å². The Balaban J connectivity index is 1.88. The molecular weight excluding hydrogens is 332 g/mol. The van der Waals surface area contributed by atoms with Crippen LogP contribution in [0, 0.1) is 24.0 Å². The Kier molecular flexibility index (Phi) is 4.70. The standard InChI is InChI=1S/C19H16N4O3/c1-12-16(7-4-8-18(12)23(25)26)19(24)22-15-6-3-5-14(11-15)17-9-10-20-13(2)21-17/h3-11H,1-2H3,(H,22,24). The van der Waals surface area contributed by atoms with Crippen LogP contribution in [0.4, 0.5) is 11.4 Å². The highest BCUT2D eigenvalue weighted by Gasteiger charge is 2.18. The molecule has 0 fully saturated rings. The van der Waals surface area contributed by atoms with E-state index in [2.05, 4.69) is 15.3 Å². The molecule has 1 heterocycles. The predicted molar refractivity (Wildman–Crippen MR) is 98.0 cm³/mol. The number of aryl methyl sites for hydroxylation is 1. The smallest absolute Gasteiger partial charge is 0.273 e. The lowest BCUT2D eigenvalue weighted by Crippen LogP contribution is -2.14. The van der Waals surface area contributed by atoms with E-state index in [1.165, 1.54) is 12.1 Å². The summed E-state index contributed by atoms with van der Waals surface area (Å²) >= 11 is 0. The van der Waals surface area contributed by atoms with E-state index in [0.29, 0.717) is 17.1 Å². The third-order valence-electron chi connectivity index (χ3n) is 3.94. The Hall–Kier alpha value is -3.61. The van der Waals surface area contributed by atoms with Crippen molar-refractivity contribution in [3.05, 3.63) is 81.8 Å². The molecule has 0 radical (unpaired) electrons. The van der Waals surface area contributed by atoms with E-state index < -0.39 is 10.8 Å². The summed E-state index contributed by atoms with van der Waals surface area (Å²) in [7, 11) is 0. The van der Waals surface area contributed by atoms with Gasteiger partial charge in [-0.1, -0.05) is 18.2 Å². The van der Waals surface area contributed by atoms with Crippen molar-refractivity contribution in [2.45, 2.75) is 13.8 Å². The molecule has 0 bridgehead atoms. The van der Waals surface area contributed by atoms with Gasteiger partial charge in [-0.15, -0.1) is 0 Å². The SMILES string of the molecule is Cc1nccc(-c2cccc(NC(=O)c3cccc([N+](=O)[O-])c3C)c2)n1. The lowest BCUT2D eigenvalue weighted by molar-refractivity contribution is -0.385. The molecule has 0 unspecified atom stereocenters. The number of anilines is 1. The summed E-state index contributed by atoms with van der Waals surface area (Å²) in [6.45, 7) is 3.37. The highest BCUT2D eigenvalue weighted by atomic mass is 16.6. The van der Waals surface area contributed by atoms with Crippen LogP contribution >= 0.6 is 0 Å². The molecule has 3 aromatic rings. The number of amides is 1. The number of aromatic nitrogens is 2. The molecule has 0 saturated carbocycles. The molecule has 0 aliphatic heterocycles. The number of rotatable bonds is 4. The van der Waals surface area contributed by atoms with Crippen molar-refractivity contribution in [3.8, 4) is 11.3 Å². The fraction of sp³-hybridized carbons (Fsp3) is 0.105. The van der Waals surface area contributed by atoms with Crippen LogP contribution in [0.15, 0.2) is 54.7 Å². The summed E-state index contributed by atoms with van der Waals surface area (Å²) in [6.07, 6.45) is 1.68. The van der Waals surface area contributed by atoms with E-state index in [9.17, 15) is 14.9 Å². The quantitative estimate of drug-likeness (QED) is 0.569. The van der Waals surface area contributed by atoms with Crippen LogP contribution in [0.1, 0.15) is 21.7 Å². The molecule has 1 amide bonds. The van der Waals surface area contributed by atoms with Crippen molar-refractivity contribution in [2.75, 3.05) is 5.32 Å². The number of nitrogens with one attached hydrogen (secondary N) is 1. The minimum absolute atomic E-state index is 0.0807. The zero-order chi connectivity index (χ0) is 18.7. The molecule has 1 N–H and O–H groups in total. The molecule has 7 nitrogen and oxygen atoms in total. The van der Waals surface area contributed by atoms with Crippen molar-refractivity contribution >= 4 is 17.3 Å². The normalized spacial score (nSPS) is 10.4. The van der Waals surface area contributed by atoms with E-state index in [1.54, 1.807) is 44.3 Å². The number of nitrogens with zero attached hydrogens (tertiary/aromatic N) is 3. The first-order chi connectivity index (χ1) is 12.5. The van der Waals surface area contributed by atoms with Gasteiger partial charge in [0.25, 0.3) is 11.6 Å². The van der Waals surface area contributed by atoms with Gasteiger partial charge in [-0.25, -0.2) is 9.97 Å². The molecule has 2 aromatic carbocycles. The highest BCUT2D eigenvalue weighted by molar-refractivity contribution is 6.06. The van der Waals surface area contributed by atoms with Gasteiger partial charge in [0.2, 0.25) is 0 Å². The van der Waals surface area contributed by atoms with Gasteiger partial charge in [-0.2, -0.15) is 0 Å². The molecule has 3 rings (SSSR count). The monoisotopic (exact) mass is 348 g/mol. The van der Waals surface area contributed by atoms with Crippen LogP contribution in [-0.4, -0.2) is 20.8 Å². The second-order valence-corrected chi connectivity index (χ2v) is 5.73. The van der Waals surface area contributed by atoms with E-state index >= 15 is 0 Å². The Bertz CT molecular complexity index is 1000. The van der Waals surface area contributed by atoms with Crippen molar-refractivity contribution in [1.29, 1.82) is 0 Å². The average Bonchev–Trinajstić information content (AvgIpc) is 2.62. The van der Waals surface area contributed by atoms with E-state index in [1.807, 2.05) is 12.1 Å². The highest BCUT2D eigenvalue weighted by Crippen LogP contribution is 2.24. The van der Waals surface area contributed by atoms with Gasteiger partial charge in [0, 0.05) is 34.6 Å². The summed E-state index contributed by atoms with van der Waals surface area (Å²) in [5.74, 6) is 0.256. The minimum Gasteiger partial charge on any atom is -0.322 e. The Morgan fingerprint density at radius 3 is 2.62 bits per heavy atom. The largest absolute Gasteiger partial charge is 0.322 e. The van der Waals surface area contributed by atoms with Crippen molar-refractivity contribution in [3.63, 3.8) is 0 Å². The Morgan fingerprint density at radius 1 is 1.12 bits per heavy atom. The number of nitro benzene ring substituents is 1. The third kappa shape index (κ3) is 3.56. The molecule has 0 aliphatic rings. The number of carbonyl (C=O) groups is 1. The van der Waals surface area contributed by atoms with Gasteiger partial charge >= 0.3 is 0 Å². The van der Waals surface area contributed by atoms with Crippen molar-refractivity contribution < 1.29 is 9.72 Å². The van der Waals surface area contributed by atoms with E-state index in [0.717, 1.165) is 11.3 Å². The van der Waals surface area contributed by atoms with Crippen LogP contribution in [-0.2, 0) is 0 Å². The second kappa shape index (κ2) is 7.10. The molecular formula is C19H16N4O3. The molecule has 0 aliphatic carbocycles. The lowest BCUT2D eigenvalue weighted by atomic mass is 10.1. The van der Waals surface area contributed by atoms with Crippen LogP contribution in [0.3, 0.4) is 0 Å². The second-order valence-electron chi connectivity index (χ2n) is 5.73. The third-order valence-corrected chi connectivity index (χ3v) is 3.94. The van der Waals surface area contributed by atoms with Crippen molar-refractivity contribution in [2.24, 2.45) is 0 Å². The summed E-state index contributed by atoms with van der Waals surface area (Å²) < 4.78 is 0. The zero-order valence-electron chi connectivity index (χ0n) is 14.3. The first-order valence-corrected chi connectivity index (χ1v) is 7.91. The number of carbonyl (C=O) groups excluding carboxylic acids is 1. The first-order valence-electron chi connectivity index (χ1n) is 7.91. The van der Waals surface area contributed by atoms with E-state index in [4.69, 9.17) is 0 Å². The van der Waals surface area contributed by atoms with Crippen LogP contribution in [0.25, 0.3) is 11.3 Å². The fourth-order valence-corrected chi connectivity index (χ4v) is 2.64. The van der Waals surface area contributed by atoms with Gasteiger partial charge in [0.1, 0.15) is 5.82 Å². The van der Waals surface area contributed by atoms with E-state index in [-0.39, 0.29) is 11.3 Å². The average molecular weight is 348 g/mol. The Morgan fingerprint density at radius 2 is 1.88 bits per heavy atom. The predicted octanol–water partition coefficient (Wildman–Crippen LogP) is 3.92. The number of hydrogen-bond acceptors (Lipinski definition) is 5. The zero-order valence-corrected chi connectivity index (χ0v) is 14.3. The van der Waals surface area contributed by atoms with Gasteiger partial charge < -0.3 is 5.32 Å². The molecule has 0 atom stereocenters. The first kappa shape index (κ1) is 17.2. The van der Waals surface area contributed by atoms with Crippen LogP contribution in [0.2, 0.25) is 0 Å². The number of hydrogen-bond donors (Lipinski definition) is 1. The summed E-state index contributed by atoms with van der Waals surface area (Å²) in [5, 5.41) is 13.8. The maximum Gasteiger partial charge on any atom is 0.273 e. The Labute approximate surface area is 149 Å². The maximum atomic E-state index is 12.6.